The zero-order valence-corrected chi connectivity index (χ0v) is 17.0. The summed E-state index contributed by atoms with van der Waals surface area (Å²) in [4.78, 5) is 30.3. The van der Waals surface area contributed by atoms with Crippen LogP contribution in [0.25, 0.3) is 16.6 Å². The molecule has 9 heteroatoms. The third-order valence-corrected chi connectivity index (χ3v) is 5.46. The Morgan fingerprint density at radius 2 is 2.03 bits per heavy atom. The summed E-state index contributed by atoms with van der Waals surface area (Å²) in [6, 6.07) is 13.1. The van der Waals surface area contributed by atoms with Crippen LogP contribution in [0.5, 0.6) is 0 Å². The molecule has 2 aromatic heterocycles. The second kappa shape index (κ2) is 7.75. The van der Waals surface area contributed by atoms with Crippen LogP contribution < -0.4 is 10.9 Å². The van der Waals surface area contributed by atoms with Crippen LogP contribution in [0, 0.1) is 6.92 Å². The molecule has 156 valence electrons. The topological polar surface area (TPSA) is 108 Å². The van der Waals surface area contributed by atoms with Crippen molar-refractivity contribution in [2.24, 2.45) is 0 Å². The van der Waals surface area contributed by atoms with Gasteiger partial charge in [0.25, 0.3) is 5.56 Å². The average molecular weight is 415 g/mol. The minimum absolute atomic E-state index is 0.0203. The van der Waals surface area contributed by atoms with E-state index in [1.165, 1.54) is 6.33 Å². The minimum Gasteiger partial charge on any atom is -0.326 e. The number of anilines is 1. The average Bonchev–Trinajstić information content (AvgIpc) is 3.46. The molecule has 0 spiro atoms. The number of fused-ring (bicyclic) bond motifs is 1. The number of para-hydroxylation sites is 1. The summed E-state index contributed by atoms with van der Waals surface area (Å²) in [5.41, 5.74) is 3.09. The van der Waals surface area contributed by atoms with Gasteiger partial charge in [0.05, 0.1) is 16.6 Å². The van der Waals surface area contributed by atoms with Crippen molar-refractivity contribution < 1.29 is 4.79 Å². The molecular weight excluding hydrogens is 394 g/mol. The van der Waals surface area contributed by atoms with Gasteiger partial charge in [-0.2, -0.15) is 0 Å². The number of hydrogen-bond donors (Lipinski definition) is 1. The maximum absolute atomic E-state index is 13.0. The van der Waals surface area contributed by atoms with Gasteiger partial charge in [0.1, 0.15) is 12.2 Å². The predicted octanol–water partition coefficient (Wildman–Crippen LogP) is 2.59. The number of nitrogens with zero attached hydrogens (tertiary/aromatic N) is 6. The summed E-state index contributed by atoms with van der Waals surface area (Å²) in [6.45, 7) is 1.95. The van der Waals surface area contributed by atoms with Crippen molar-refractivity contribution in [3.05, 3.63) is 70.5 Å². The molecule has 5 rings (SSSR count). The van der Waals surface area contributed by atoms with E-state index >= 15 is 0 Å². The number of amides is 1. The van der Waals surface area contributed by atoms with Crippen LogP contribution in [0.2, 0.25) is 0 Å². The maximum atomic E-state index is 13.0. The van der Waals surface area contributed by atoms with E-state index in [4.69, 9.17) is 4.98 Å². The maximum Gasteiger partial charge on any atom is 0.261 e. The van der Waals surface area contributed by atoms with Crippen molar-refractivity contribution >= 4 is 22.5 Å². The summed E-state index contributed by atoms with van der Waals surface area (Å²) in [6.07, 6.45) is 4.08. The van der Waals surface area contributed by atoms with Gasteiger partial charge in [-0.05, 0) is 60.0 Å². The Bertz CT molecular complexity index is 1320. The van der Waals surface area contributed by atoms with Gasteiger partial charge in [-0.3, -0.25) is 14.2 Å². The number of aromatic nitrogens is 6. The minimum atomic E-state index is -0.142. The van der Waals surface area contributed by atoms with Crippen molar-refractivity contribution in [3.8, 4) is 5.69 Å². The lowest BCUT2D eigenvalue weighted by molar-refractivity contribution is -0.116. The van der Waals surface area contributed by atoms with Crippen LogP contribution in [0.3, 0.4) is 0 Å². The summed E-state index contributed by atoms with van der Waals surface area (Å²) in [7, 11) is 0. The molecule has 1 aliphatic carbocycles. The highest BCUT2D eigenvalue weighted by molar-refractivity contribution is 5.91. The molecule has 4 aromatic rings. The van der Waals surface area contributed by atoms with Crippen LogP contribution in [0.1, 0.15) is 36.7 Å². The molecule has 1 N–H and O–H groups in total. The third-order valence-electron chi connectivity index (χ3n) is 5.46. The van der Waals surface area contributed by atoms with Crippen LogP contribution in [0.15, 0.2) is 53.6 Å². The quantitative estimate of drug-likeness (QED) is 0.519. The number of rotatable bonds is 6. The van der Waals surface area contributed by atoms with E-state index in [1.54, 1.807) is 15.3 Å². The summed E-state index contributed by atoms with van der Waals surface area (Å²) in [5, 5.41) is 14.8. The standard InChI is InChI=1S/C22H21N7O2/c1-14-6-7-15(12-19(14)28-13-23-26-27-28)24-21(30)11-10-20-25-18-5-3-2-4-17(18)22(31)29(20)16-8-9-16/h2-7,12-13,16H,8-11H2,1H3,(H,24,30). The second-order valence-corrected chi connectivity index (χ2v) is 7.76. The molecule has 1 saturated carbocycles. The monoisotopic (exact) mass is 415 g/mol. The smallest absolute Gasteiger partial charge is 0.261 e. The first kappa shape index (κ1) is 19.1. The van der Waals surface area contributed by atoms with Gasteiger partial charge >= 0.3 is 0 Å². The molecule has 1 fully saturated rings. The summed E-state index contributed by atoms with van der Waals surface area (Å²) < 4.78 is 3.33. The van der Waals surface area contributed by atoms with E-state index in [2.05, 4.69) is 20.8 Å². The van der Waals surface area contributed by atoms with Gasteiger partial charge in [-0.1, -0.05) is 18.2 Å². The molecular formula is C22H21N7O2. The molecule has 1 aliphatic rings. The predicted molar refractivity (Wildman–Crippen MR) is 115 cm³/mol. The zero-order valence-electron chi connectivity index (χ0n) is 17.0. The van der Waals surface area contributed by atoms with Crippen LogP contribution in [-0.4, -0.2) is 35.7 Å². The van der Waals surface area contributed by atoms with Crippen molar-refractivity contribution in [1.82, 2.24) is 29.8 Å². The van der Waals surface area contributed by atoms with E-state index in [1.807, 2.05) is 43.3 Å². The number of carbonyl (C=O) groups is 1. The largest absolute Gasteiger partial charge is 0.326 e. The summed E-state index contributed by atoms with van der Waals surface area (Å²) >= 11 is 0. The fraction of sp³-hybridized carbons (Fsp3) is 0.273. The fourth-order valence-electron chi connectivity index (χ4n) is 3.73. The van der Waals surface area contributed by atoms with Gasteiger partial charge in [0, 0.05) is 24.6 Å². The normalized spacial score (nSPS) is 13.5. The molecule has 31 heavy (non-hydrogen) atoms. The third kappa shape index (κ3) is 3.81. The first-order valence-corrected chi connectivity index (χ1v) is 10.2. The van der Waals surface area contributed by atoms with Gasteiger partial charge in [-0.25, -0.2) is 9.67 Å². The van der Waals surface area contributed by atoms with E-state index in [0.29, 0.717) is 28.8 Å². The molecule has 1 amide bonds. The van der Waals surface area contributed by atoms with Gasteiger partial charge < -0.3 is 5.32 Å². The van der Waals surface area contributed by atoms with Gasteiger partial charge in [0.15, 0.2) is 0 Å². The van der Waals surface area contributed by atoms with Crippen molar-refractivity contribution in [2.75, 3.05) is 5.32 Å². The van der Waals surface area contributed by atoms with E-state index < -0.39 is 0 Å². The molecule has 0 saturated heterocycles. The highest BCUT2D eigenvalue weighted by Gasteiger charge is 2.28. The highest BCUT2D eigenvalue weighted by Crippen LogP contribution is 2.35. The SMILES string of the molecule is Cc1ccc(NC(=O)CCc2nc3ccccc3c(=O)n2C2CC2)cc1-n1cnnn1. The summed E-state index contributed by atoms with van der Waals surface area (Å²) in [5.74, 6) is 0.524. The van der Waals surface area contributed by atoms with Crippen molar-refractivity contribution in [3.63, 3.8) is 0 Å². The number of hydrogen-bond acceptors (Lipinski definition) is 6. The first-order chi connectivity index (χ1) is 15.1. The number of aryl methyl sites for hydroxylation is 2. The Morgan fingerprint density at radius 1 is 1.19 bits per heavy atom. The van der Waals surface area contributed by atoms with Crippen LogP contribution >= 0.6 is 0 Å². The number of tetrazole rings is 1. The molecule has 0 atom stereocenters. The Morgan fingerprint density at radius 3 is 2.81 bits per heavy atom. The lowest BCUT2D eigenvalue weighted by atomic mass is 10.1. The lowest BCUT2D eigenvalue weighted by Crippen LogP contribution is -2.25. The van der Waals surface area contributed by atoms with Gasteiger partial charge in [0.2, 0.25) is 5.91 Å². The number of benzene rings is 2. The molecule has 0 aliphatic heterocycles. The molecule has 2 heterocycles. The van der Waals surface area contributed by atoms with E-state index in [-0.39, 0.29) is 23.9 Å². The van der Waals surface area contributed by atoms with Crippen molar-refractivity contribution in [2.45, 2.75) is 38.6 Å². The number of nitrogens with one attached hydrogen (secondary N) is 1. The Kier molecular flexibility index (Phi) is 4.78. The zero-order chi connectivity index (χ0) is 21.4. The molecule has 0 radical (unpaired) electrons. The van der Waals surface area contributed by atoms with Crippen LogP contribution in [-0.2, 0) is 11.2 Å². The second-order valence-electron chi connectivity index (χ2n) is 7.76. The number of carbonyl (C=O) groups excluding carboxylic acids is 1. The Hall–Kier alpha value is -3.88. The molecule has 2 aromatic carbocycles. The highest BCUT2D eigenvalue weighted by atomic mass is 16.1. The lowest BCUT2D eigenvalue weighted by Gasteiger charge is -2.13. The van der Waals surface area contributed by atoms with Crippen LogP contribution in [0.4, 0.5) is 5.69 Å². The molecule has 0 bridgehead atoms. The van der Waals surface area contributed by atoms with Gasteiger partial charge in [-0.15, -0.1) is 5.10 Å². The molecule has 0 unspecified atom stereocenters. The van der Waals surface area contributed by atoms with E-state index in [0.717, 1.165) is 24.1 Å². The van der Waals surface area contributed by atoms with Crippen molar-refractivity contribution in [1.29, 1.82) is 0 Å². The Labute approximate surface area is 177 Å². The first-order valence-electron chi connectivity index (χ1n) is 10.2. The molecule has 9 nitrogen and oxygen atoms in total. The Balaban J connectivity index is 1.35. The van der Waals surface area contributed by atoms with E-state index in [9.17, 15) is 9.59 Å². The fourth-order valence-corrected chi connectivity index (χ4v) is 3.73.